The molecule has 1 aromatic carbocycles. The fraction of sp³-hybridized carbons (Fsp3) is 0.643. The van der Waals surface area contributed by atoms with E-state index in [0.717, 1.165) is 0 Å². The maximum Gasteiger partial charge on any atom is 0.414 e. The van der Waals surface area contributed by atoms with Gasteiger partial charge >= 0.3 is 12.2 Å². The first kappa shape index (κ1) is 30.2. The molecule has 1 aromatic rings. The molecule has 4 unspecified atom stereocenters. The quantitative estimate of drug-likeness (QED) is 0.372. The van der Waals surface area contributed by atoms with E-state index < -0.39 is 41.9 Å². The molecule has 0 saturated carbocycles. The fourth-order valence-electron chi connectivity index (χ4n) is 4.86. The van der Waals surface area contributed by atoms with Crippen molar-refractivity contribution >= 4 is 29.7 Å². The number of hydrogen-bond donors (Lipinski definition) is 4. The lowest BCUT2D eigenvalue weighted by molar-refractivity contribution is -0.126. The van der Waals surface area contributed by atoms with Crippen LogP contribution in [0.4, 0.5) is 15.3 Å². The summed E-state index contributed by atoms with van der Waals surface area (Å²) in [5.74, 6) is -0.707. The van der Waals surface area contributed by atoms with E-state index in [1.54, 1.807) is 45.0 Å². The van der Waals surface area contributed by atoms with Gasteiger partial charge in [0.1, 0.15) is 17.7 Å². The molecule has 4 atom stereocenters. The average molecular weight is 547 g/mol. The zero-order valence-electron chi connectivity index (χ0n) is 23.5. The number of hydrogen-bond acceptors (Lipinski definition) is 7. The van der Waals surface area contributed by atoms with Gasteiger partial charge in [-0.1, -0.05) is 32.0 Å². The van der Waals surface area contributed by atoms with Crippen LogP contribution in [0.25, 0.3) is 0 Å². The monoisotopic (exact) mass is 546 g/mol. The van der Waals surface area contributed by atoms with Crippen LogP contribution in [-0.2, 0) is 19.1 Å². The van der Waals surface area contributed by atoms with E-state index in [4.69, 9.17) is 9.47 Å². The van der Waals surface area contributed by atoms with Crippen LogP contribution in [0.1, 0.15) is 72.0 Å². The molecule has 11 nitrogen and oxygen atoms in total. The Labute approximate surface area is 230 Å². The minimum atomic E-state index is -0.888. The van der Waals surface area contributed by atoms with Gasteiger partial charge in [-0.2, -0.15) is 0 Å². The van der Waals surface area contributed by atoms with E-state index in [-0.39, 0.29) is 24.3 Å². The Balaban J connectivity index is 1.65. The van der Waals surface area contributed by atoms with Gasteiger partial charge in [-0.15, -0.1) is 0 Å². The lowest BCUT2D eigenvalue weighted by atomic mass is 9.97. The summed E-state index contributed by atoms with van der Waals surface area (Å²) in [6.07, 6.45) is -0.151. The first-order chi connectivity index (χ1) is 18.4. The van der Waals surface area contributed by atoms with E-state index in [2.05, 4.69) is 16.0 Å². The third-order valence-electron chi connectivity index (χ3n) is 6.67. The van der Waals surface area contributed by atoms with Gasteiger partial charge < -0.3 is 30.5 Å². The Morgan fingerprint density at radius 3 is 2.49 bits per heavy atom. The summed E-state index contributed by atoms with van der Waals surface area (Å²) in [5.41, 5.74) is 0.628. The molecular weight excluding hydrogens is 504 g/mol. The van der Waals surface area contributed by atoms with Crippen LogP contribution in [0, 0.1) is 11.8 Å². The number of ether oxygens (including phenoxy) is 2. The van der Waals surface area contributed by atoms with Gasteiger partial charge in [-0.25, -0.2) is 9.59 Å². The lowest BCUT2D eigenvalue weighted by Gasteiger charge is -2.35. The maximum absolute atomic E-state index is 13.1. The van der Waals surface area contributed by atoms with Crippen LogP contribution in [0.2, 0.25) is 0 Å². The Hall–Kier alpha value is -3.34. The second kappa shape index (κ2) is 13.1. The van der Waals surface area contributed by atoms with Crippen molar-refractivity contribution in [2.24, 2.45) is 11.8 Å². The van der Waals surface area contributed by atoms with Crippen LogP contribution in [-0.4, -0.2) is 66.5 Å². The number of alkyl carbamates (subject to hydrolysis) is 1. The minimum absolute atomic E-state index is 0.0823. The summed E-state index contributed by atoms with van der Waals surface area (Å²) in [7, 11) is 0. The van der Waals surface area contributed by atoms with E-state index in [1.807, 2.05) is 13.8 Å². The molecule has 3 rings (SSSR count). The predicted octanol–water partition coefficient (Wildman–Crippen LogP) is 3.02. The first-order valence-corrected chi connectivity index (χ1v) is 13.6. The molecule has 4 N–H and O–H groups in total. The number of nitrogens with zero attached hydrogens (tertiary/aromatic N) is 1. The Morgan fingerprint density at radius 2 is 1.87 bits per heavy atom. The highest BCUT2D eigenvalue weighted by Crippen LogP contribution is 2.36. The van der Waals surface area contributed by atoms with Crippen molar-refractivity contribution in [2.75, 3.05) is 24.6 Å². The van der Waals surface area contributed by atoms with Crippen molar-refractivity contribution in [2.45, 2.75) is 84.1 Å². The highest BCUT2D eigenvalue weighted by Gasteiger charge is 2.34. The highest BCUT2D eigenvalue weighted by molar-refractivity contribution is 5.90. The van der Waals surface area contributed by atoms with Crippen molar-refractivity contribution in [1.82, 2.24) is 16.0 Å². The summed E-state index contributed by atoms with van der Waals surface area (Å²) >= 11 is 0. The van der Waals surface area contributed by atoms with E-state index in [0.29, 0.717) is 50.0 Å². The van der Waals surface area contributed by atoms with Crippen molar-refractivity contribution < 1.29 is 33.8 Å². The number of aliphatic hydroxyl groups is 1. The molecule has 4 amide bonds. The zero-order valence-corrected chi connectivity index (χ0v) is 23.5. The minimum Gasteiger partial charge on any atom is -0.443 e. The molecule has 0 bridgehead atoms. The van der Waals surface area contributed by atoms with Gasteiger partial charge in [-0.05, 0) is 52.0 Å². The second-order valence-electron chi connectivity index (χ2n) is 11.6. The summed E-state index contributed by atoms with van der Waals surface area (Å²) < 4.78 is 11.3. The Morgan fingerprint density at radius 1 is 1.15 bits per heavy atom. The average Bonchev–Trinajstić information content (AvgIpc) is 3.25. The van der Waals surface area contributed by atoms with Gasteiger partial charge in [0.25, 0.3) is 0 Å². The van der Waals surface area contributed by atoms with Gasteiger partial charge in [0.15, 0.2) is 0 Å². The van der Waals surface area contributed by atoms with Crippen molar-refractivity contribution in [3.8, 4) is 0 Å². The summed E-state index contributed by atoms with van der Waals surface area (Å²) in [4.78, 5) is 52.3. The Bertz CT molecular complexity index is 1040. The standard InChI is InChI=1S/C28H42N4O7/c1-17(2)14-21(25(35)30-19(16-33)15-18-10-12-29-24(18)34)31-26(36)38-23-11-13-32(27(37)39-28(3,4)5)22-9-7-6-8-20(22)23/h6-9,17-19,21,23,33H,10-16H2,1-5H3,(H,29,34)(H,30,35)(H,31,36). The number of anilines is 1. The molecular formula is C28H42N4O7. The zero-order chi connectivity index (χ0) is 28.7. The third kappa shape index (κ3) is 8.58. The van der Waals surface area contributed by atoms with E-state index in [9.17, 15) is 24.3 Å². The molecule has 1 saturated heterocycles. The van der Waals surface area contributed by atoms with Crippen molar-refractivity contribution in [3.05, 3.63) is 29.8 Å². The SMILES string of the molecule is CC(C)CC(NC(=O)OC1CCN(C(=O)OC(C)(C)C)c2ccccc21)C(=O)NC(CO)CC1CCNC1=O. The second-order valence-corrected chi connectivity index (χ2v) is 11.6. The number of amides is 4. The molecule has 1 fully saturated rings. The number of para-hydroxylation sites is 1. The topological polar surface area (TPSA) is 146 Å². The van der Waals surface area contributed by atoms with Crippen LogP contribution in [0.5, 0.6) is 0 Å². The fourth-order valence-corrected chi connectivity index (χ4v) is 4.86. The molecule has 2 aliphatic heterocycles. The summed E-state index contributed by atoms with van der Waals surface area (Å²) in [6, 6.07) is 5.69. The smallest absolute Gasteiger partial charge is 0.414 e. The highest BCUT2D eigenvalue weighted by atomic mass is 16.6. The van der Waals surface area contributed by atoms with E-state index in [1.165, 1.54) is 4.90 Å². The number of aliphatic hydroxyl groups excluding tert-OH is 1. The summed E-state index contributed by atoms with van der Waals surface area (Å²) in [5, 5.41) is 18.0. The maximum atomic E-state index is 13.1. The number of carbonyl (C=O) groups excluding carboxylic acids is 4. The normalized spacial score (nSPS) is 20.5. The van der Waals surface area contributed by atoms with Gasteiger partial charge in [0, 0.05) is 31.0 Å². The molecule has 0 aliphatic carbocycles. The molecule has 2 aliphatic rings. The van der Waals surface area contributed by atoms with E-state index >= 15 is 0 Å². The van der Waals surface area contributed by atoms with Crippen LogP contribution >= 0.6 is 0 Å². The molecule has 216 valence electrons. The molecule has 11 heteroatoms. The van der Waals surface area contributed by atoms with Gasteiger partial charge in [0.2, 0.25) is 11.8 Å². The van der Waals surface area contributed by atoms with Gasteiger partial charge in [-0.3, -0.25) is 14.5 Å². The van der Waals surface area contributed by atoms with Crippen LogP contribution in [0.15, 0.2) is 24.3 Å². The largest absolute Gasteiger partial charge is 0.443 e. The Kier molecular flexibility index (Phi) is 10.2. The predicted molar refractivity (Wildman–Crippen MR) is 145 cm³/mol. The van der Waals surface area contributed by atoms with Crippen molar-refractivity contribution in [1.29, 1.82) is 0 Å². The lowest BCUT2D eigenvalue weighted by Crippen LogP contribution is -2.51. The molecule has 2 heterocycles. The number of rotatable bonds is 9. The molecule has 39 heavy (non-hydrogen) atoms. The van der Waals surface area contributed by atoms with Crippen LogP contribution in [0.3, 0.4) is 0 Å². The number of nitrogens with one attached hydrogen (secondary N) is 3. The number of benzene rings is 1. The summed E-state index contributed by atoms with van der Waals surface area (Å²) in [6.45, 7) is 9.83. The number of fused-ring (bicyclic) bond motifs is 1. The van der Waals surface area contributed by atoms with Crippen LogP contribution < -0.4 is 20.9 Å². The molecule has 0 aromatic heterocycles. The van der Waals surface area contributed by atoms with Gasteiger partial charge in [0.05, 0.1) is 18.3 Å². The third-order valence-corrected chi connectivity index (χ3v) is 6.67. The number of carbonyl (C=O) groups is 4. The van der Waals surface area contributed by atoms with Crippen molar-refractivity contribution in [3.63, 3.8) is 0 Å². The molecule has 0 spiro atoms. The molecule has 0 radical (unpaired) electrons. The first-order valence-electron chi connectivity index (χ1n) is 13.6.